The van der Waals surface area contributed by atoms with Gasteiger partial charge in [-0.05, 0) is 43.2 Å². The van der Waals surface area contributed by atoms with Gasteiger partial charge in [-0.15, -0.1) is 0 Å². The highest BCUT2D eigenvalue weighted by Crippen LogP contribution is 2.37. The number of nitrogens with zero attached hydrogens (tertiary/aromatic N) is 2. The van der Waals surface area contributed by atoms with E-state index in [1.54, 1.807) is 12.1 Å². The van der Waals surface area contributed by atoms with Crippen LogP contribution in [-0.2, 0) is 10.0 Å². The third kappa shape index (κ3) is 3.56. The monoisotopic (exact) mass is 429 g/mol. The highest BCUT2D eigenvalue weighted by molar-refractivity contribution is 7.92. The molecule has 7 nitrogen and oxygen atoms in total. The van der Waals surface area contributed by atoms with Crippen LogP contribution in [0.15, 0.2) is 40.8 Å². The summed E-state index contributed by atoms with van der Waals surface area (Å²) in [5, 5.41) is 3.04. The number of carbonyl (C=O) groups excluding carboxylic acids is 1. The molecule has 1 aromatic carbocycles. The molecule has 0 radical (unpaired) electrons. The molecule has 1 N–H and O–H groups in total. The molecule has 1 aliphatic rings. The highest BCUT2D eigenvalue weighted by atomic mass is 32.2. The average Bonchev–Trinajstić information content (AvgIpc) is 3.05. The number of hydrogen-bond donors (Lipinski definition) is 1. The average molecular weight is 429 g/mol. The zero-order chi connectivity index (χ0) is 21.5. The highest BCUT2D eigenvalue weighted by Gasteiger charge is 2.27. The smallest absolute Gasteiger partial charge is 0.255 e. The van der Waals surface area contributed by atoms with Crippen molar-refractivity contribution in [1.29, 1.82) is 0 Å². The number of pyridine rings is 1. The van der Waals surface area contributed by atoms with Crippen molar-refractivity contribution in [3.63, 3.8) is 0 Å². The van der Waals surface area contributed by atoms with E-state index in [-0.39, 0.29) is 28.8 Å². The molecule has 0 atom stereocenters. The molecular weight excluding hydrogens is 409 g/mol. The lowest BCUT2D eigenvalue weighted by Gasteiger charge is -2.24. The number of nitrogens with one attached hydrogen (secondary N) is 1. The molecule has 2 aromatic heterocycles. The third-order valence-electron chi connectivity index (χ3n) is 4.92. The molecule has 1 amide bonds. The van der Waals surface area contributed by atoms with E-state index in [2.05, 4.69) is 10.3 Å². The van der Waals surface area contributed by atoms with E-state index < -0.39 is 15.8 Å². The summed E-state index contributed by atoms with van der Waals surface area (Å²) in [6.45, 7) is 0.294. The Hall–Kier alpha value is -3.20. The van der Waals surface area contributed by atoms with E-state index in [4.69, 9.17) is 4.42 Å². The number of fused-ring (bicyclic) bond motifs is 2. The predicted molar refractivity (Wildman–Crippen MR) is 113 cm³/mol. The first kappa shape index (κ1) is 20.1. The molecule has 0 spiro atoms. The number of sulfonamides is 1. The van der Waals surface area contributed by atoms with Crippen molar-refractivity contribution in [1.82, 2.24) is 10.3 Å². The molecule has 30 heavy (non-hydrogen) atoms. The molecular formula is C21H20FN3O4S. The number of benzene rings is 1. The maximum Gasteiger partial charge on any atom is 0.255 e. The predicted octanol–water partition coefficient (Wildman–Crippen LogP) is 3.57. The Kier molecular flexibility index (Phi) is 5.07. The summed E-state index contributed by atoms with van der Waals surface area (Å²) < 4.78 is 45.3. The fraction of sp³-hybridized carbons (Fsp3) is 0.238. The lowest BCUT2D eigenvalue weighted by Crippen LogP contribution is -2.32. The number of furan rings is 1. The summed E-state index contributed by atoms with van der Waals surface area (Å²) in [6, 6.07) is 7.28. The Labute approximate surface area is 173 Å². The molecule has 1 aliphatic heterocycles. The Morgan fingerprint density at radius 2 is 2.00 bits per heavy atom. The first-order valence-electron chi connectivity index (χ1n) is 9.39. The molecule has 156 valence electrons. The Morgan fingerprint density at radius 1 is 1.27 bits per heavy atom. The van der Waals surface area contributed by atoms with Crippen molar-refractivity contribution >= 4 is 38.9 Å². The number of halogens is 1. The van der Waals surface area contributed by atoms with Crippen molar-refractivity contribution in [2.75, 3.05) is 24.2 Å². The van der Waals surface area contributed by atoms with E-state index in [9.17, 15) is 17.6 Å². The van der Waals surface area contributed by atoms with Crippen LogP contribution in [0.25, 0.3) is 28.5 Å². The molecule has 0 aliphatic carbocycles. The number of hydrogen-bond acceptors (Lipinski definition) is 5. The van der Waals surface area contributed by atoms with Crippen LogP contribution in [0.1, 0.15) is 28.8 Å². The second kappa shape index (κ2) is 7.56. The fourth-order valence-corrected chi connectivity index (χ4v) is 4.42. The molecule has 3 heterocycles. The van der Waals surface area contributed by atoms with Crippen LogP contribution in [0.4, 0.5) is 10.2 Å². The SMILES string of the molecule is CNC(=O)c1c(-c2ccc(F)cc2)oc2nc3c(cc12)/C=C\CCCN3S(C)(=O)=O. The van der Waals surface area contributed by atoms with Crippen LogP contribution in [-0.4, -0.2) is 39.2 Å². The molecule has 0 saturated carbocycles. The van der Waals surface area contributed by atoms with Crippen LogP contribution >= 0.6 is 0 Å². The molecule has 3 aromatic rings. The fourth-order valence-electron chi connectivity index (χ4n) is 3.50. The lowest BCUT2D eigenvalue weighted by atomic mass is 10.0. The van der Waals surface area contributed by atoms with Gasteiger partial charge >= 0.3 is 0 Å². The third-order valence-corrected chi connectivity index (χ3v) is 6.07. The van der Waals surface area contributed by atoms with Crippen molar-refractivity contribution in [3.8, 4) is 11.3 Å². The Morgan fingerprint density at radius 3 is 2.67 bits per heavy atom. The van der Waals surface area contributed by atoms with Crippen LogP contribution in [0.2, 0.25) is 0 Å². The van der Waals surface area contributed by atoms with Crippen LogP contribution in [0.5, 0.6) is 0 Å². The summed E-state index contributed by atoms with van der Waals surface area (Å²) in [5.74, 6) is -0.301. The van der Waals surface area contributed by atoms with Crippen molar-refractivity contribution in [2.45, 2.75) is 12.8 Å². The van der Waals surface area contributed by atoms with Gasteiger partial charge in [0.15, 0.2) is 5.82 Å². The zero-order valence-corrected chi connectivity index (χ0v) is 17.3. The van der Waals surface area contributed by atoms with Gasteiger partial charge in [0.1, 0.15) is 11.6 Å². The maximum atomic E-state index is 13.4. The minimum atomic E-state index is -3.55. The van der Waals surface area contributed by atoms with Gasteiger partial charge in [-0.1, -0.05) is 12.2 Å². The van der Waals surface area contributed by atoms with Gasteiger partial charge in [-0.2, -0.15) is 4.98 Å². The van der Waals surface area contributed by atoms with Gasteiger partial charge in [0.05, 0.1) is 17.2 Å². The summed E-state index contributed by atoms with van der Waals surface area (Å²) in [5.41, 5.74) is 1.48. The number of amides is 1. The van der Waals surface area contributed by atoms with E-state index in [0.717, 1.165) is 12.7 Å². The first-order chi connectivity index (χ1) is 14.3. The van der Waals surface area contributed by atoms with Crippen LogP contribution in [0.3, 0.4) is 0 Å². The van der Waals surface area contributed by atoms with Crippen LogP contribution < -0.4 is 9.62 Å². The lowest BCUT2D eigenvalue weighted by molar-refractivity contribution is 0.0964. The summed E-state index contributed by atoms with van der Waals surface area (Å²) in [6.07, 6.45) is 6.27. The normalized spacial score (nSPS) is 15.4. The second-order valence-electron chi connectivity index (χ2n) is 7.03. The number of rotatable bonds is 3. The standard InChI is InChI=1S/C21H20FN3O4S/c1-23-20(26)17-16-12-14-6-4-3-5-11-25(30(2,27)28)19(14)24-21(16)29-18(17)13-7-9-15(22)10-8-13/h4,6-10,12H,3,5,11H2,1-2H3,(H,23,26)/b6-4-. The summed E-state index contributed by atoms with van der Waals surface area (Å²) in [7, 11) is -2.05. The molecule has 0 bridgehead atoms. The van der Waals surface area contributed by atoms with E-state index in [1.807, 2.05) is 6.08 Å². The van der Waals surface area contributed by atoms with Gasteiger partial charge in [0.25, 0.3) is 5.91 Å². The number of anilines is 1. The quantitative estimate of drug-likeness (QED) is 0.687. The largest absolute Gasteiger partial charge is 0.437 e. The minimum absolute atomic E-state index is 0.134. The van der Waals surface area contributed by atoms with E-state index >= 15 is 0 Å². The molecule has 0 saturated heterocycles. The van der Waals surface area contributed by atoms with Gasteiger partial charge in [0, 0.05) is 24.7 Å². The number of aromatic nitrogens is 1. The van der Waals surface area contributed by atoms with Gasteiger partial charge in [-0.25, -0.2) is 12.8 Å². The first-order valence-corrected chi connectivity index (χ1v) is 11.2. The summed E-state index contributed by atoms with van der Waals surface area (Å²) >= 11 is 0. The van der Waals surface area contributed by atoms with Gasteiger partial charge in [0.2, 0.25) is 15.7 Å². The van der Waals surface area contributed by atoms with E-state index in [1.165, 1.54) is 35.6 Å². The van der Waals surface area contributed by atoms with Gasteiger partial charge < -0.3 is 9.73 Å². The maximum absolute atomic E-state index is 13.4. The number of allylic oxidation sites excluding steroid dienone is 1. The number of carbonyl (C=O) groups is 1. The molecule has 0 unspecified atom stereocenters. The molecule has 9 heteroatoms. The van der Waals surface area contributed by atoms with Crippen molar-refractivity contribution < 1.29 is 22.0 Å². The molecule has 4 rings (SSSR count). The Bertz CT molecular complexity index is 1260. The van der Waals surface area contributed by atoms with Crippen molar-refractivity contribution in [2.24, 2.45) is 0 Å². The topological polar surface area (TPSA) is 92.5 Å². The molecule has 0 fully saturated rings. The van der Waals surface area contributed by atoms with Gasteiger partial charge in [-0.3, -0.25) is 9.10 Å². The van der Waals surface area contributed by atoms with Crippen molar-refractivity contribution in [3.05, 3.63) is 53.4 Å². The Balaban J connectivity index is 2.02. The zero-order valence-electron chi connectivity index (χ0n) is 16.5. The van der Waals surface area contributed by atoms with E-state index in [0.29, 0.717) is 29.5 Å². The minimum Gasteiger partial charge on any atom is -0.437 e. The van der Waals surface area contributed by atoms with Crippen LogP contribution in [0, 0.1) is 5.82 Å². The second-order valence-corrected chi connectivity index (χ2v) is 8.93. The summed E-state index contributed by atoms with van der Waals surface area (Å²) in [4.78, 5) is 17.1.